The summed E-state index contributed by atoms with van der Waals surface area (Å²) in [7, 11) is 0. The number of carboxylic acids is 1. The Labute approximate surface area is 57.9 Å². The van der Waals surface area contributed by atoms with Crippen LogP contribution in [0.25, 0.3) is 0 Å². The third-order valence-electron chi connectivity index (χ3n) is 0.135. The number of rotatable bonds is 1. The second-order valence-corrected chi connectivity index (χ2v) is 0.868. The number of carbonyl (C=O) groups is 1. The second-order valence-electron chi connectivity index (χ2n) is 0.552. The maximum atomic E-state index is 9.29. The minimum atomic E-state index is -0.881. The largest absolute Gasteiger partial charge is 0.481 e. The number of hydrogen-bond acceptors (Lipinski definition) is 3. The molecule has 0 spiro atoms. The standard InChI is InChI=1S/C2H4O2S.Fe.H3N/c3-2(4)1-5;;/h5H,1H2,(H,3,4);;1H3. The van der Waals surface area contributed by atoms with Crippen molar-refractivity contribution in [2.75, 3.05) is 5.75 Å². The fourth-order valence-electron chi connectivity index (χ4n) is 0. The molecule has 0 saturated heterocycles. The predicted molar refractivity (Wildman–Crippen MR) is 26.5 cm³/mol. The van der Waals surface area contributed by atoms with Crippen molar-refractivity contribution < 1.29 is 27.0 Å². The van der Waals surface area contributed by atoms with Crippen LogP contribution in [0.1, 0.15) is 0 Å². The van der Waals surface area contributed by atoms with Crippen molar-refractivity contribution in [1.29, 1.82) is 0 Å². The van der Waals surface area contributed by atoms with Crippen LogP contribution in [-0.2, 0) is 21.9 Å². The Hall–Kier alpha value is 0.299. The van der Waals surface area contributed by atoms with Crippen molar-refractivity contribution in [3.63, 3.8) is 0 Å². The van der Waals surface area contributed by atoms with Gasteiger partial charge in [0.25, 0.3) is 0 Å². The van der Waals surface area contributed by atoms with Crippen LogP contribution in [0.15, 0.2) is 0 Å². The van der Waals surface area contributed by atoms with Crippen molar-refractivity contribution in [1.82, 2.24) is 6.15 Å². The average Bonchev–Trinajstić information content (AvgIpc) is 1.38. The molecular formula is C2H7FeNO2S. The zero-order valence-corrected chi connectivity index (χ0v) is 5.57. The number of carboxylic acid groups (broad SMARTS) is 1. The third kappa shape index (κ3) is 22.0. The Morgan fingerprint density at radius 1 is 1.71 bits per heavy atom. The van der Waals surface area contributed by atoms with E-state index in [1.165, 1.54) is 0 Å². The molecule has 7 heavy (non-hydrogen) atoms. The van der Waals surface area contributed by atoms with E-state index in [1.54, 1.807) is 0 Å². The molecule has 0 aromatic carbocycles. The van der Waals surface area contributed by atoms with Gasteiger partial charge in [0.15, 0.2) is 0 Å². The fraction of sp³-hybridized carbons (Fsp3) is 0.500. The molecule has 0 aromatic rings. The van der Waals surface area contributed by atoms with E-state index >= 15 is 0 Å². The molecule has 46 valence electrons. The van der Waals surface area contributed by atoms with Crippen molar-refractivity contribution >= 4 is 18.6 Å². The molecule has 0 aromatic heterocycles. The third-order valence-corrected chi connectivity index (χ3v) is 0.406. The summed E-state index contributed by atoms with van der Waals surface area (Å²) < 4.78 is 0. The zero-order valence-electron chi connectivity index (χ0n) is 3.57. The van der Waals surface area contributed by atoms with Gasteiger partial charge in [0.2, 0.25) is 0 Å². The average molecular weight is 165 g/mol. The van der Waals surface area contributed by atoms with Crippen LogP contribution in [0.2, 0.25) is 0 Å². The maximum Gasteiger partial charge on any atom is 0.313 e. The van der Waals surface area contributed by atoms with E-state index in [4.69, 9.17) is 5.11 Å². The number of hydrogen-bond donors (Lipinski definition) is 3. The summed E-state index contributed by atoms with van der Waals surface area (Å²) in [4.78, 5) is 9.29. The van der Waals surface area contributed by atoms with Crippen LogP contribution < -0.4 is 6.15 Å². The van der Waals surface area contributed by atoms with E-state index in [2.05, 4.69) is 12.6 Å². The Bertz CT molecular complexity index is 51.0. The second kappa shape index (κ2) is 9.57. The molecular weight excluding hydrogens is 158 g/mol. The topological polar surface area (TPSA) is 72.3 Å². The molecule has 0 amide bonds. The van der Waals surface area contributed by atoms with E-state index < -0.39 is 5.97 Å². The van der Waals surface area contributed by atoms with Crippen molar-refractivity contribution in [2.45, 2.75) is 0 Å². The minimum absolute atomic E-state index is 0. The van der Waals surface area contributed by atoms with Crippen LogP contribution in [0, 0.1) is 0 Å². The van der Waals surface area contributed by atoms with E-state index in [1.807, 2.05) is 0 Å². The predicted octanol–water partition coefficient (Wildman–Crippen LogP) is 0.160. The van der Waals surface area contributed by atoms with Gasteiger partial charge in [-0.15, -0.1) is 0 Å². The van der Waals surface area contributed by atoms with Crippen molar-refractivity contribution in [3.05, 3.63) is 0 Å². The van der Waals surface area contributed by atoms with E-state index in [9.17, 15) is 4.79 Å². The van der Waals surface area contributed by atoms with Crippen molar-refractivity contribution in [3.8, 4) is 0 Å². The molecule has 0 aliphatic carbocycles. The normalized spacial score (nSPS) is 5.29. The minimum Gasteiger partial charge on any atom is -0.481 e. The molecule has 0 bridgehead atoms. The zero-order chi connectivity index (χ0) is 4.28. The van der Waals surface area contributed by atoms with Gasteiger partial charge in [-0.25, -0.2) is 0 Å². The molecule has 0 saturated carbocycles. The Morgan fingerprint density at radius 3 is 1.86 bits per heavy atom. The molecule has 0 radical (unpaired) electrons. The summed E-state index contributed by atoms with van der Waals surface area (Å²) >= 11 is 3.42. The molecule has 0 atom stereocenters. The first-order valence-electron chi connectivity index (χ1n) is 1.10. The number of thiol groups is 1. The van der Waals surface area contributed by atoms with Crippen LogP contribution >= 0.6 is 12.6 Å². The molecule has 0 unspecified atom stereocenters. The molecule has 0 rings (SSSR count). The molecule has 0 aliphatic rings. The Kier molecular flexibility index (Phi) is 21.4. The van der Waals surface area contributed by atoms with Crippen molar-refractivity contribution in [2.24, 2.45) is 0 Å². The first-order valence-corrected chi connectivity index (χ1v) is 1.73. The van der Waals surface area contributed by atoms with Gasteiger partial charge in [-0.1, -0.05) is 0 Å². The van der Waals surface area contributed by atoms with Gasteiger partial charge in [0, 0.05) is 17.1 Å². The molecule has 5 heteroatoms. The first-order chi connectivity index (χ1) is 2.27. The van der Waals surface area contributed by atoms with Gasteiger partial charge in [-0.3, -0.25) is 4.79 Å². The summed E-state index contributed by atoms with van der Waals surface area (Å²) in [6.07, 6.45) is 0. The van der Waals surface area contributed by atoms with Gasteiger partial charge in [0.1, 0.15) is 0 Å². The van der Waals surface area contributed by atoms with Gasteiger partial charge in [0.05, 0.1) is 5.75 Å². The summed E-state index contributed by atoms with van der Waals surface area (Å²) in [6, 6.07) is 0. The first kappa shape index (κ1) is 15.7. The van der Waals surface area contributed by atoms with Crippen LogP contribution in [-0.4, -0.2) is 16.8 Å². The summed E-state index contributed by atoms with van der Waals surface area (Å²) in [5.41, 5.74) is 0. The van der Waals surface area contributed by atoms with Crippen LogP contribution in [0.5, 0.6) is 0 Å². The Balaban J connectivity index is -0.0000000800. The van der Waals surface area contributed by atoms with Gasteiger partial charge in [-0.2, -0.15) is 12.6 Å². The SMILES string of the molecule is N.O=C(O)CS.[Fe]. The molecule has 4 N–H and O–H groups in total. The van der Waals surface area contributed by atoms with E-state index in [-0.39, 0.29) is 29.0 Å². The molecule has 0 fully saturated rings. The molecule has 3 nitrogen and oxygen atoms in total. The van der Waals surface area contributed by atoms with Gasteiger partial charge < -0.3 is 11.3 Å². The molecule has 0 aliphatic heterocycles. The Morgan fingerprint density at radius 2 is 1.86 bits per heavy atom. The summed E-state index contributed by atoms with van der Waals surface area (Å²) in [5, 5.41) is 7.65. The number of aliphatic carboxylic acids is 1. The van der Waals surface area contributed by atoms with Crippen LogP contribution in [0.4, 0.5) is 0 Å². The quantitative estimate of drug-likeness (QED) is 0.382. The van der Waals surface area contributed by atoms with Gasteiger partial charge >= 0.3 is 5.97 Å². The van der Waals surface area contributed by atoms with Gasteiger partial charge in [-0.05, 0) is 0 Å². The smallest absolute Gasteiger partial charge is 0.313 e. The van der Waals surface area contributed by atoms with Crippen LogP contribution in [0.3, 0.4) is 0 Å². The van der Waals surface area contributed by atoms with E-state index in [0.717, 1.165) is 0 Å². The monoisotopic (exact) mass is 165 g/mol. The summed E-state index contributed by atoms with van der Waals surface area (Å²) in [5.74, 6) is -0.965. The molecule has 0 heterocycles. The fourth-order valence-corrected chi connectivity index (χ4v) is 0. The van der Waals surface area contributed by atoms with E-state index in [0.29, 0.717) is 0 Å². The maximum absolute atomic E-state index is 9.29. The summed E-state index contributed by atoms with van der Waals surface area (Å²) in [6.45, 7) is 0.